The molecule has 9 heteroatoms. The molecule has 0 saturated heterocycles. The van der Waals surface area contributed by atoms with Crippen LogP contribution in [0, 0.1) is 15.3 Å². The average molecular weight is 419 g/mol. The predicted molar refractivity (Wildman–Crippen MR) is 108 cm³/mol. The molecule has 3 rings (SSSR count). The second kappa shape index (κ2) is 8.47. The van der Waals surface area contributed by atoms with Crippen molar-refractivity contribution in [3.63, 3.8) is 0 Å². The Balaban J connectivity index is 1.63. The Kier molecular flexibility index (Phi) is 6.06. The number of anilines is 1. The normalized spacial score (nSPS) is 10.3. The van der Waals surface area contributed by atoms with Crippen molar-refractivity contribution in [3.05, 3.63) is 63.1 Å². The Hall–Kier alpha value is -2.18. The van der Waals surface area contributed by atoms with Crippen LogP contribution in [0.25, 0.3) is 5.69 Å². The lowest BCUT2D eigenvalue weighted by Crippen LogP contribution is -2.14. The van der Waals surface area contributed by atoms with Crippen LogP contribution >= 0.6 is 46.9 Å². The second-order valence-electron chi connectivity index (χ2n) is 5.02. The summed E-state index contributed by atoms with van der Waals surface area (Å²) in [5, 5.41) is 16.4. The maximum atomic E-state index is 12.1. The van der Waals surface area contributed by atoms with E-state index in [1.165, 1.54) is 23.1 Å². The number of halogens is 1. The van der Waals surface area contributed by atoms with E-state index in [0.29, 0.717) is 24.6 Å². The molecule has 2 aromatic carbocycles. The Labute approximate surface area is 168 Å². The van der Waals surface area contributed by atoms with E-state index < -0.39 is 0 Å². The first-order chi connectivity index (χ1) is 12.6. The standard InChI is InChI=1S/C17H11ClN4OS3/c18-14-8-12(7-6-11(14)9-19)20-15(23)10-25-16-21-22(17(24)26-16)13-4-2-1-3-5-13/h1-8H,10H2,(H,20,23). The highest BCUT2D eigenvalue weighted by molar-refractivity contribution is 8.01. The van der Waals surface area contributed by atoms with E-state index in [0.717, 1.165) is 5.69 Å². The highest BCUT2D eigenvalue weighted by atomic mass is 35.5. The molecule has 26 heavy (non-hydrogen) atoms. The summed E-state index contributed by atoms with van der Waals surface area (Å²) in [5.41, 5.74) is 1.80. The maximum absolute atomic E-state index is 12.1. The molecule has 1 N–H and O–H groups in total. The summed E-state index contributed by atoms with van der Waals surface area (Å²) in [6.07, 6.45) is 0. The van der Waals surface area contributed by atoms with Gasteiger partial charge in [-0.15, -0.1) is 5.10 Å². The SMILES string of the molecule is N#Cc1ccc(NC(=O)CSc2nn(-c3ccccc3)c(=S)s2)cc1Cl. The van der Waals surface area contributed by atoms with Crippen molar-refractivity contribution in [2.45, 2.75) is 4.34 Å². The lowest BCUT2D eigenvalue weighted by atomic mass is 10.2. The topological polar surface area (TPSA) is 70.7 Å². The smallest absolute Gasteiger partial charge is 0.234 e. The summed E-state index contributed by atoms with van der Waals surface area (Å²) < 4.78 is 3.02. The number of nitriles is 1. The van der Waals surface area contributed by atoms with Gasteiger partial charge in [0.2, 0.25) is 5.91 Å². The van der Waals surface area contributed by atoms with Crippen molar-refractivity contribution in [2.75, 3.05) is 11.1 Å². The van der Waals surface area contributed by atoms with Gasteiger partial charge in [-0.2, -0.15) is 5.26 Å². The highest BCUT2D eigenvalue weighted by Crippen LogP contribution is 2.25. The quantitative estimate of drug-likeness (QED) is 0.470. The fraction of sp³-hybridized carbons (Fsp3) is 0.0588. The number of hydrogen-bond acceptors (Lipinski definition) is 6. The monoisotopic (exact) mass is 418 g/mol. The number of para-hydroxylation sites is 1. The molecule has 5 nitrogen and oxygen atoms in total. The summed E-state index contributed by atoms with van der Waals surface area (Å²) in [5.74, 6) is -0.00234. The van der Waals surface area contributed by atoms with Gasteiger partial charge in [0.15, 0.2) is 8.29 Å². The molecule has 1 heterocycles. The molecule has 130 valence electrons. The third-order valence-electron chi connectivity index (χ3n) is 3.23. The molecule has 0 bridgehead atoms. The Morgan fingerprint density at radius 3 is 2.81 bits per heavy atom. The summed E-state index contributed by atoms with van der Waals surface area (Å²) in [7, 11) is 0. The minimum atomic E-state index is -0.192. The van der Waals surface area contributed by atoms with Gasteiger partial charge in [0, 0.05) is 5.69 Å². The van der Waals surface area contributed by atoms with Crippen LogP contribution in [0.5, 0.6) is 0 Å². The van der Waals surface area contributed by atoms with Crippen LogP contribution in [0.4, 0.5) is 5.69 Å². The van der Waals surface area contributed by atoms with Crippen LogP contribution in [0.3, 0.4) is 0 Å². The van der Waals surface area contributed by atoms with Crippen molar-refractivity contribution in [1.82, 2.24) is 9.78 Å². The van der Waals surface area contributed by atoms with Gasteiger partial charge in [-0.1, -0.05) is 52.9 Å². The van der Waals surface area contributed by atoms with Gasteiger partial charge < -0.3 is 5.32 Å². The van der Waals surface area contributed by atoms with E-state index >= 15 is 0 Å². The van der Waals surface area contributed by atoms with Crippen LogP contribution in [-0.2, 0) is 4.79 Å². The first-order valence-electron chi connectivity index (χ1n) is 7.34. The number of benzene rings is 2. The van der Waals surface area contributed by atoms with Gasteiger partial charge in [0.1, 0.15) is 6.07 Å². The van der Waals surface area contributed by atoms with Crippen molar-refractivity contribution in [2.24, 2.45) is 0 Å². The number of carbonyl (C=O) groups excluding carboxylic acids is 1. The van der Waals surface area contributed by atoms with Crippen LogP contribution in [0.1, 0.15) is 5.56 Å². The number of aromatic nitrogens is 2. The zero-order chi connectivity index (χ0) is 18.5. The number of rotatable bonds is 5. The van der Waals surface area contributed by atoms with E-state index in [-0.39, 0.29) is 11.7 Å². The summed E-state index contributed by atoms with van der Waals surface area (Å²) in [6, 6.07) is 16.3. The highest BCUT2D eigenvalue weighted by Gasteiger charge is 2.10. The third kappa shape index (κ3) is 4.51. The summed E-state index contributed by atoms with van der Waals surface area (Å²) in [6.45, 7) is 0. The molecule has 0 unspecified atom stereocenters. The van der Waals surface area contributed by atoms with E-state index in [1.807, 2.05) is 36.4 Å². The average Bonchev–Trinajstić information content (AvgIpc) is 3.02. The fourth-order valence-electron chi connectivity index (χ4n) is 2.06. The molecular formula is C17H11ClN4OS3. The molecule has 0 aliphatic carbocycles. The first-order valence-corrected chi connectivity index (χ1v) is 9.93. The van der Waals surface area contributed by atoms with Crippen molar-refractivity contribution in [3.8, 4) is 11.8 Å². The number of nitrogens with zero attached hydrogens (tertiary/aromatic N) is 3. The molecule has 0 spiro atoms. The lowest BCUT2D eigenvalue weighted by Gasteiger charge is -2.05. The first kappa shape index (κ1) is 18.6. The molecule has 0 aliphatic heterocycles. The molecule has 0 atom stereocenters. The zero-order valence-corrected chi connectivity index (χ0v) is 16.4. The number of thioether (sulfide) groups is 1. The Morgan fingerprint density at radius 1 is 1.35 bits per heavy atom. The van der Waals surface area contributed by atoms with E-state index in [9.17, 15) is 4.79 Å². The zero-order valence-electron chi connectivity index (χ0n) is 13.2. The van der Waals surface area contributed by atoms with Crippen LogP contribution in [-0.4, -0.2) is 21.4 Å². The molecule has 3 aromatic rings. The predicted octanol–water partition coefficient (Wildman–Crippen LogP) is 4.92. The fourth-order valence-corrected chi connectivity index (χ4v) is 4.44. The van der Waals surface area contributed by atoms with Crippen LogP contribution < -0.4 is 5.32 Å². The van der Waals surface area contributed by atoms with Gasteiger partial charge in [0.25, 0.3) is 0 Å². The van der Waals surface area contributed by atoms with E-state index in [2.05, 4.69) is 10.4 Å². The minimum absolute atomic E-state index is 0.189. The Bertz CT molecular complexity index is 1040. The molecule has 0 fully saturated rings. The van der Waals surface area contributed by atoms with Crippen LogP contribution in [0.2, 0.25) is 5.02 Å². The van der Waals surface area contributed by atoms with E-state index in [1.54, 1.807) is 22.9 Å². The summed E-state index contributed by atoms with van der Waals surface area (Å²) in [4.78, 5) is 12.1. The number of hydrogen-bond donors (Lipinski definition) is 1. The lowest BCUT2D eigenvalue weighted by molar-refractivity contribution is -0.113. The molecular weight excluding hydrogens is 408 g/mol. The summed E-state index contributed by atoms with van der Waals surface area (Å²) >= 11 is 14.0. The van der Waals surface area contributed by atoms with Gasteiger partial charge in [-0.05, 0) is 42.5 Å². The van der Waals surface area contributed by atoms with E-state index in [4.69, 9.17) is 29.1 Å². The van der Waals surface area contributed by atoms with Crippen molar-refractivity contribution < 1.29 is 4.79 Å². The van der Waals surface area contributed by atoms with Crippen molar-refractivity contribution >= 4 is 58.5 Å². The number of amides is 1. The van der Waals surface area contributed by atoms with Gasteiger partial charge in [0.05, 0.1) is 22.0 Å². The molecule has 0 aliphatic rings. The minimum Gasteiger partial charge on any atom is -0.325 e. The third-order valence-corrected chi connectivity index (χ3v) is 5.91. The molecule has 0 radical (unpaired) electrons. The van der Waals surface area contributed by atoms with Gasteiger partial charge in [-0.25, -0.2) is 4.68 Å². The number of nitrogens with one attached hydrogen (secondary N) is 1. The number of carbonyl (C=O) groups is 1. The van der Waals surface area contributed by atoms with Gasteiger partial charge in [-0.3, -0.25) is 4.79 Å². The molecule has 1 aromatic heterocycles. The van der Waals surface area contributed by atoms with Gasteiger partial charge >= 0.3 is 0 Å². The maximum Gasteiger partial charge on any atom is 0.234 e. The van der Waals surface area contributed by atoms with Crippen molar-refractivity contribution in [1.29, 1.82) is 5.26 Å². The second-order valence-corrected chi connectivity index (χ2v) is 8.28. The Morgan fingerprint density at radius 2 is 2.12 bits per heavy atom. The van der Waals surface area contributed by atoms with Crippen LogP contribution in [0.15, 0.2) is 52.9 Å². The molecule has 0 saturated carbocycles. The largest absolute Gasteiger partial charge is 0.325 e. The molecule has 1 amide bonds.